The molecule has 1 fully saturated rings. The summed E-state index contributed by atoms with van der Waals surface area (Å²) in [6.45, 7) is 1.90. The van der Waals surface area contributed by atoms with Gasteiger partial charge in [0.15, 0.2) is 5.82 Å². The van der Waals surface area contributed by atoms with Crippen LogP contribution >= 0.6 is 0 Å². The second-order valence-electron chi connectivity index (χ2n) is 6.48. The SMILES string of the molecule is CNCc1cc(N(C)C)nc(C2CCCN2C(=O)CN(C)C)n1. The molecule has 0 radical (unpaired) electrons. The number of likely N-dealkylation sites (tertiary alicyclic amines) is 1. The number of hydrogen-bond donors (Lipinski definition) is 1. The Morgan fingerprint density at radius 2 is 2.09 bits per heavy atom. The number of nitrogens with one attached hydrogen (secondary N) is 1. The molecule has 0 saturated carbocycles. The first kappa shape index (κ1) is 17.6. The molecule has 0 aromatic carbocycles. The molecule has 1 aliphatic rings. The van der Waals surface area contributed by atoms with E-state index in [1.54, 1.807) is 0 Å². The lowest BCUT2D eigenvalue weighted by Gasteiger charge is -2.26. The van der Waals surface area contributed by atoms with E-state index in [2.05, 4.69) is 10.3 Å². The highest BCUT2D eigenvalue weighted by molar-refractivity contribution is 5.79. The number of likely N-dealkylation sites (N-methyl/N-ethyl adjacent to an activating group) is 1. The Balaban J connectivity index is 2.29. The highest BCUT2D eigenvalue weighted by Gasteiger charge is 2.32. The van der Waals surface area contributed by atoms with Crippen LogP contribution in [0.4, 0.5) is 5.82 Å². The molecule has 2 rings (SSSR count). The van der Waals surface area contributed by atoms with E-state index < -0.39 is 0 Å². The van der Waals surface area contributed by atoms with Gasteiger partial charge in [-0.25, -0.2) is 9.97 Å². The minimum Gasteiger partial charge on any atom is -0.363 e. The number of rotatable bonds is 6. The van der Waals surface area contributed by atoms with Crippen LogP contribution < -0.4 is 10.2 Å². The van der Waals surface area contributed by atoms with Crippen LogP contribution in [0.2, 0.25) is 0 Å². The molecule has 0 aliphatic carbocycles. The molecule has 1 saturated heterocycles. The minimum atomic E-state index is -0.0158. The minimum absolute atomic E-state index is 0.0158. The average Bonchev–Trinajstić information content (AvgIpc) is 2.96. The van der Waals surface area contributed by atoms with Gasteiger partial charge in [0.25, 0.3) is 0 Å². The predicted octanol–water partition coefficient (Wildman–Crippen LogP) is 0.487. The zero-order chi connectivity index (χ0) is 17.0. The monoisotopic (exact) mass is 320 g/mol. The summed E-state index contributed by atoms with van der Waals surface area (Å²) in [7, 11) is 9.67. The first-order valence-corrected chi connectivity index (χ1v) is 8.06. The third kappa shape index (κ3) is 4.39. The average molecular weight is 320 g/mol. The number of aromatic nitrogens is 2. The van der Waals surface area contributed by atoms with E-state index in [1.807, 2.05) is 56.0 Å². The summed E-state index contributed by atoms with van der Waals surface area (Å²) in [6, 6.07) is 1.97. The molecule has 1 atom stereocenters. The molecule has 1 N–H and O–H groups in total. The highest BCUT2D eigenvalue weighted by atomic mass is 16.2. The third-order valence-electron chi connectivity index (χ3n) is 3.92. The summed E-state index contributed by atoms with van der Waals surface area (Å²) < 4.78 is 0. The van der Waals surface area contributed by atoms with Gasteiger partial charge in [0, 0.05) is 33.3 Å². The second kappa shape index (κ2) is 7.70. The Morgan fingerprint density at radius 1 is 1.35 bits per heavy atom. The molecule has 1 unspecified atom stereocenters. The summed E-state index contributed by atoms with van der Waals surface area (Å²) >= 11 is 0. The number of carbonyl (C=O) groups excluding carboxylic acids is 1. The van der Waals surface area contributed by atoms with Gasteiger partial charge in [-0.05, 0) is 34.0 Å². The summed E-state index contributed by atoms with van der Waals surface area (Å²) in [6.07, 6.45) is 1.93. The Labute approximate surface area is 138 Å². The lowest BCUT2D eigenvalue weighted by molar-refractivity contribution is -0.132. The Hall–Kier alpha value is -1.73. The summed E-state index contributed by atoms with van der Waals surface area (Å²) in [5, 5.41) is 3.13. The molecular formula is C16H28N6O. The van der Waals surface area contributed by atoms with Crippen molar-refractivity contribution < 1.29 is 4.79 Å². The van der Waals surface area contributed by atoms with Crippen molar-refractivity contribution in [3.8, 4) is 0 Å². The molecule has 1 amide bonds. The number of anilines is 1. The van der Waals surface area contributed by atoms with Gasteiger partial charge in [-0.3, -0.25) is 4.79 Å². The van der Waals surface area contributed by atoms with Crippen molar-refractivity contribution in [1.29, 1.82) is 0 Å². The van der Waals surface area contributed by atoms with Crippen LogP contribution in [0.1, 0.15) is 30.4 Å². The van der Waals surface area contributed by atoms with Gasteiger partial charge < -0.3 is 20.0 Å². The molecule has 0 bridgehead atoms. The Bertz CT molecular complexity index is 545. The van der Waals surface area contributed by atoms with Crippen LogP contribution in [0.25, 0.3) is 0 Å². The maximum atomic E-state index is 12.5. The number of carbonyl (C=O) groups is 1. The zero-order valence-corrected chi connectivity index (χ0v) is 14.8. The maximum Gasteiger partial charge on any atom is 0.237 e. The van der Waals surface area contributed by atoms with Crippen molar-refractivity contribution in [2.45, 2.75) is 25.4 Å². The van der Waals surface area contributed by atoms with Crippen molar-refractivity contribution in [2.75, 3.05) is 53.2 Å². The van der Waals surface area contributed by atoms with E-state index in [1.165, 1.54) is 0 Å². The molecule has 128 valence electrons. The number of hydrogen-bond acceptors (Lipinski definition) is 6. The van der Waals surface area contributed by atoms with Gasteiger partial charge in [-0.2, -0.15) is 0 Å². The smallest absolute Gasteiger partial charge is 0.237 e. The molecular weight excluding hydrogens is 292 g/mol. The summed E-state index contributed by atoms with van der Waals surface area (Å²) in [5.41, 5.74) is 0.952. The van der Waals surface area contributed by atoms with E-state index in [9.17, 15) is 4.79 Å². The van der Waals surface area contributed by atoms with Crippen molar-refractivity contribution >= 4 is 11.7 Å². The van der Waals surface area contributed by atoms with Gasteiger partial charge in [-0.1, -0.05) is 0 Å². The molecule has 23 heavy (non-hydrogen) atoms. The first-order chi connectivity index (χ1) is 10.9. The first-order valence-electron chi connectivity index (χ1n) is 8.06. The Kier molecular flexibility index (Phi) is 5.90. The van der Waals surface area contributed by atoms with Crippen LogP contribution in [-0.2, 0) is 11.3 Å². The van der Waals surface area contributed by atoms with E-state index in [0.717, 1.165) is 36.7 Å². The second-order valence-corrected chi connectivity index (χ2v) is 6.48. The number of nitrogens with zero attached hydrogens (tertiary/aromatic N) is 5. The lowest BCUT2D eigenvalue weighted by atomic mass is 10.2. The van der Waals surface area contributed by atoms with Gasteiger partial charge in [-0.15, -0.1) is 0 Å². The zero-order valence-electron chi connectivity index (χ0n) is 14.8. The highest BCUT2D eigenvalue weighted by Crippen LogP contribution is 2.31. The van der Waals surface area contributed by atoms with Crippen molar-refractivity contribution in [1.82, 2.24) is 25.1 Å². The normalized spacial score (nSPS) is 17.8. The molecule has 1 aliphatic heterocycles. The van der Waals surface area contributed by atoms with Crippen molar-refractivity contribution in [3.05, 3.63) is 17.6 Å². The third-order valence-corrected chi connectivity index (χ3v) is 3.92. The quantitative estimate of drug-likeness (QED) is 0.823. The topological polar surface area (TPSA) is 64.6 Å². The van der Waals surface area contributed by atoms with Crippen LogP contribution in [0.5, 0.6) is 0 Å². The van der Waals surface area contributed by atoms with E-state index >= 15 is 0 Å². The fraction of sp³-hybridized carbons (Fsp3) is 0.688. The fourth-order valence-corrected chi connectivity index (χ4v) is 2.85. The van der Waals surface area contributed by atoms with Crippen molar-refractivity contribution in [3.63, 3.8) is 0 Å². The van der Waals surface area contributed by atoms with Crippen LogP contribution in [0.15, 0.2) is 6.07 Å². The lowest BCUT2D eigenvalue weighted by Crippen LogP contribution is -2.38. The van der Waals surface area contributed by atoms with Crippen molar-refractivity contribution in [2.24, 2.45) is 0 Å². The molecule has 1 aromatic heterocycles. The van der Waals surface area contributed by atoms with E-state index in [4.69, 9.17) is 4.98 Å². The Morgan fingerprint density at radius 3 is 2.70 bits per heavy atom. The van der Waals surface area contributed by atoms with Gasteiger partial charge in [0.2, 0.25) is 5.91 Å². The largest absolute Gasteiger partial charge is 0.363 e. The molecule has 0 spiro atoms. The predicted molar refractivity (Wildman–Crippen MR) is 91.4 cm³/mol. The molecule has 1 aromatic rings. The molecule has 7 nitrogen and oxygen atoms in total. The maximum absolute atomic E-state index is 12.5. The number of amides is 1. The van der Waals surface area contributed by atoms with E-state index in [-0.39, 0.29) is 11.9 Å². The fourth-order valence-electron chi connectivity index (χ4n) is 2.85. The van der Waals surface area contributed by atoms with Crippen LogP contribution in [0, 0.1) is 0 Å². The standard InChI is InChI=1S/C16H28N6O/c1-17-10-12-9-14(21(4)5)19-16(18-12)13-7-6-8-22(13)15(23)11-20(2)3/h9,13,17H,6-8,10-11H2,1-5H3. The van der Waals surface area contributed by atoms with Crippen LogP contribution in [0.3, 0.4) is 0 Å². The van der Waals surface area contributed by atoms with Crippen LogP contribution in [-0.4, -0.2) is 74.0 Å². The van der Waals surface area contributed by atoms with Gasteiger partial charge in [0.05, 0.1) is 18.3 Å². The summed E-state index contributed by atoms with van der Waals surface area (Å²) in [4.78, 5) is 27.7. The van der Waals surface area contributed by atoms with E-state index in [0.29, 0.717) is 13.1 Å². The van der Waals surface area contributed by atoms with Gasteiger partial charge >= 0.3 is 0 Å². The van der Waals surface area contributed by atoms with Gasteiger partial charge in [0.1, 0.15) is 5.82 Å². The molecule has 7 heteroatoms. The summed E-state index contributed by atoms with van der Waals surface area (Å²) in [5.74, 6) is 1.78. The molecule has 2 heterocycles.